The third-order valence-corrected chi connectivity index (χ3v) is 7.72. The number of benzene rings is 3. The summed E-state index contributed by atoms with van der Waals surface area (Å²) in [4.78, 5) is 4.75. The number of hydrogen-bond acceptors (Lipinski definition) is 4. The zero-order valence-corrected chi connectivity index (χ0v) is 20.2. The first-order chi connectivity index (χ1) is 16.9. The minimum atomic E-state index is -0.469. The van der Waals surface area contributed by atoms with Gasteiger partial charge in [0.25, 0.3) is 0 Å². The molecule has 0 unspecified atom stereocenters. The molecule has 3 aromatic heterocycles. The Bertz CT molecular complexity index is 1710. The molecule has 0 atom stereocenters. The summed E-state index contributed by atoms with van der Waals surface area (Å²) < 4.78 is 21.6. The first-order valence-corrected chi connectivity index (χ1v) is 12.0. The molecule has 0 N–H and O–H groups in total. The molecule has 35 heavy (non-hydrogen) atoms. The van der Waals surface area contributed by atoms with E-state index in [1.807, 2.05) is 24.4 Å². The average Bonchev–Trinajstić information content (AvgIpc) is 3.46. The van der Waals surface area contributed by atoms with Crippen LogP contribution in [0.3, 0.4) is 0 Å². The Kier molecular flexibility index (Phi) is 4.13. The van der Waals surface area contributed by atoms with Crippen molar-refractivity contribution >= 4 is 56.5 Å². The van der Waals surface area contributed by atoms with Gasteiger partial charge in [0.05, 0.1) is 22.4 Å². The summed E-state index contributed by atoms with van der Waals surface area (Å²) in [6, 6.07) is 24.9. The van der Waals surface area contributed by atoms with Gasteiger partial charge in [-0.3, -0.25) is 4.57 Å². The Balaban J connectivity index is 1.52. The molecule has 172 valence electrons. The predicted octanol–water partition coefficient (Wildman–Crippen LogP) is 6.38. The third-order valence-electron chi connectivity index (χ3n) is 7.72. The normalized spacial score (nSPS) is 17.3. The zero-order chi connectivity index (χ0) is 23.9. The number of fused-ring (bicyclic) bond motifs is 6. The Hall–Kier alpha value is -3.61. The highest BCUT2D eigenvalue weighted by Gasteiger charge is 2.52. The van der Waals surface area contributed by atoms with Crippen molar-refractivity contribution < 1.29 is 13.7 Å². The van der Waals surface area contributed by atoms with Gasteiger partial charge in [0.15, 0.2) is 5.58 Å². The molecule has 1 aliphatic rings. The molecule has 3 aromatic carbocycles. The number of rotatable bonds is 2. The number of aromatic nitrogens is 2. The molecule has 0 aliphatic carbocycles. The van der Waals surface area contributed by atoms with E-state index in [1.54, 1.807) is 0 Å². The standard InChI is InChI=1S/C29H25BN2O3/c1-28(2)29(3,4)35-30(34-28)21-13-8-16-24-25(21)20-11-7-15-23(26(20)33-24)32-22-14-6-5-10-18(22)19-12-9-17-31-27(19)32/h5-17H,1-4H3. The smallest absolute Gasteiger partial charge is 0.454 e. The molecule has 0 amide bonds. The summed E-state index contributed by atoms with van der Waals surface area (Å²) in [6.07, 6.45) is 1.84. The van der Waals surface area contributed by atoms with Crippen LogP contribution in [0, 0.1) is 0 Å². The van der Waals surface area contributed by atoms with Gasteiger partial charge in [-0.15, -0.1) is 0 Å². The van der Waals surface area contributed by atoms with Crippen molar-refractivity contribution in [3.05, 3.63) is 79.0 Å². The van der Waals surface area contributed by atoms with Gasteiger partial charge in [0, 0.05) is 27.7 Å². The van der Waals surface area contributed by atoms with E-state index >= 15 is 0 Å². The van der Waals surface area contributed by atoms with E-state index in [9.17, 15) is 0 Å². The first kappa shape index (κ1) is 20.7. The van der Waals surface area contributed by atoms with Gasteiger partial charge in [0.1, 0.15) is 11.2 Å². The second-order valence-electron chi connectivity index (χ2n) is 10.3. The lowest BCUT2D eigenvalue weighted by Crippen LogP contribution is -2.41. The molecule has 0 radical (unpaired) electrons. The molecule has 5 nitrogen and oxygen atoms in total. The fourth-order valence-electron chi connectivity index (χ4n) is 5.24. The maximum Gasteiger partial charge on any atom is 0.495 e. The number of nitrogens with zero attached hydrogens (tertiary/aromatic N) is 2. The van der Waals surface area contributed by atoms with E-state index in [1.165, 1.54) is 5.39 Å². The fraction of sp³-hybridized carbons (Fsp3) is 0.207. The Morgan fingerprint density at radius 2 is 1.46 bits per heavy atom. The van der Waals surface area contributed by atoms with E-state index in [-0.39, 0.29) is 0 Å². The van der Waals surface area contributed by atoms with Crippen LogP contribution in [0.5, 0.6) is 0 Å². The van der Waals surface area contributed by atoms with Gasteiger partial charge >= 0.3 is 7.12 Å². The van der Waals surface area contributed by atoms with E-state index in [0.717, 1.165) is 49.6 Å². The van der Waals surface area contributed by atoms with Crippen LogP contribution >= 0.6 is 0 Å². The zero-order valence-electron chi connectivity index (χ0n) is 20.2. The van der Waals surface area contributed by atoms with Gasteiger partial charge in [-0.1, -0.05) is 42.5 Å². The van der Waals surface area contributed by atoms with Crippen LogP contribution in [-0.4, -0.2) is 27.9 Å². The van der Waals surface area contributed by atoms with Crippen molar-refractivity contribution in [2.45, 2.75) is 38.9 Å². The fourth-order valence-corrected chi connectivity index (χ4v) is 5.24. The molecule has 6 aromatic rings. The number of pyridine rings is 1. The van der Waals surface area contributed by atoms with Crippen LogP contribution in [0.2, 0.25) is 0 Å². The number of para-hydroxylation sites is 2. The molecule has 1 fully saturated rings. The second-order valence-corrected chi connectivity index (χ2v) is 10.3. The topological polar surface area (TPSA) is 49.4 Å². The van der Waals surface area contributed by atoms with E-state index < -0.39 is 18.3 Å². The van der Waals surface area contributed by atoms with Crippen molar-refractivity contribution in [1.29, 1.82) is 0 Å². The molecule has 0 bridgehead atoms. The average molecular weight is 460 g/mol. The maximum atomic E-state index is 6.55. The largest absolute Gasteiger partial charge is 0.495 e. The lowest BCUT2D eigenvalue weighted by molar-refractivity contribution is 0.00578. The highest BCUT2D eigenvalue weighted by molar-refractivity contribution is 6.66. The van der Waals surface area contributed by atoms with Crippen molar-refractivity contribution in [2.75, 3.05) is 0 Å². The predicted molar refractivity (Wildman–Crippen MR) is 142 cm³/mol. The highest BCUT2D eigenvalue weighted by atomic mass is 16.7. The van der Waals surface area contributed by atoms with Crippen molar-refractivity contribution in [1.82, 2.24) is 9.55 Å². The van der Waals surface area contributed by atoms with Crippen LogP contribution < -0.4 is 5.46 Å². The SMILES string of the molecule is CC1(C)OB(c2cccc3oc4c(-n5c6ccccc6c6cccnc65)cccc4c23)OC1(C)C. The Morgan fingerprint density at radius 3 is 2.29 bits per heavy atom. The summed E-state index contributed by atoms with van der Waals surface area (Å²) in [5.74, 6) is 0. The lowest BCUT2D eigenvalue weighted by atomic mass is 9.76. The summed E-state index contributed by atoms with van der Waals surface area (Å²) in [5.41, 5.74) is 4.75. The molecule has 0 saturated carbocycles. The third kappa shape index (κ3) is 2.81. The molecule has 1 saturated heterocycles. The van der Waals surface area contributed by atoms with Gasteiger partial charge in [-0.05, 0) is 63.5 Å². The minimum Gasteiger partial charge on any atom is -0.454 e. The monoisotopic (exact) mass is 460 g/mol. The molecule has 4 heterocycles. The second kappa shape index (κ2) is 6.97. The molecule has 0 spiro atoms. The van der Waals surface area contributed by atoms with Gasteiger partial charge < -0.3 is 13.7 Å². The van der Waals surface area contributed by atoms with Crippen molar-refractivity contribution in [3.63, 3.8) is 0 Å². The van der Waals surface area contributed by atoms with E-state index in [2.05, 4.69) is 86.9 Å². The first-order valence-electron chi connectivity index (χ1n) is 12.0. The summed E-state index contributed by atoms with van der Waals surface area (Å²) in [6.45, 7) is 8.31. The van der Waals surface area contributed by atoms with E-state index in [4.69, 9.17) is 18.7 Å². The Labute approximate surface area is 203 Å². The van der Waals surface area contributed by atoms with Crippen LogP contribution in [-0.2, 0) is 9.31 Å². The van der Waals surface area contributed by atoms with Gasteiger partial charge in [0.2, 0.25) is 0 Å². The lowest BCUT2D eigenvalue weighted by Gasteiger charge is -2.32. The number of furan rings is 1. The summed E-state index contributed by atoms with van der Waals surface area (Å²) in [7, 11) is -0.469. The van der Waals surface area contributed by atoms with E-state index in [0.29, 0.717) is 0 Å². The Morgan fingerprint density at radius 1 is 0.743 bits per heavy atom. The molecular weight excluding hydrogens is 435 g/mol. The van der Waals surface area contributed by atoms with Crippen molar-refractivity contribution in [2.24, 2.45) is 0 Å². The van der Waals surface area contributed by atoms with Crippen LogP contribution in [0.4, 0.5) is 0 Å². The van der Waals surface area contributed by atoms with Crippen LogP contribution in [0.1, 0.15) is 27.7 Å². The van der Waals surface area contributed by atoms with Crippen LogP contribution in [0.25, 0.3) is 49.6 Å². The van der Waals surface area contributed by atoms with Crippen molar-refractivity contribution in [3.8, 4) is 5.69 Å². The quantitative estimate of drug-likeness (QED) is 0.282. The molecular formula is C29H25BN2O3. The minimum absolute atomic E-state index is 0.417. The highest BCUT2D eigenvalue weighted by Crippen LogP contribution is 2.40. The summed E-state index contributed by atoms with van der Waals surface area (Å²) >= 11 is 0. The van der Waals surface area contributed by atoms with Gasteiger partial charge in [-0.25, -0.2) is 4.98 Å². The maximum absolute atomic E-state index is 6.55. The molecule has 7 rings (SSSR count). The summed E-state index contributed by atoms with van der Waals surface area (Å²) in [5, 5.41) is 4.34. The molecule has 6 heteroatoms. The number of hydrogen-bond donors (Lipinski definition) is 0. The molecule has 1 aliphatic heterocycles. The van der Waals surface area contributed by atoms with Crippen LogP contribution in [0.15, 0.2) is 83.4 Å². The van der Waals surface area contributed by atoms with Gasteiger partial charge in [-0.2, -0.15) is 0 Å².